The van der Waals surface area contributed by atoms with Gasteiger partial charge in [0.2, 0.25) is 0 Å². The molecule has 4 heteroatoms. The highest BCUT2D eigenvalue weighted by Gasteiger charge is 2.25. The summed E-state index contributed by atoms with van der Waals surface area (Å²) in [5, 5.41) is 0. The molecule has 0 saturated carbocycles. The van der Waals surface area contributed by atoms with Gasteiger partial charge in [0.15, 0.2) is 0 Å². The largest absolute Gasteiger partial charge is 0.465 e. The maximum Gasteiger partial charge on any atom is 0.320 e. The number of esters is 1. The van der Waals surface area contributed by atoms with Crippen molar-refractivity contribution in [3.63, 3.8) is 0 Å². The van der Waals surface area contributed by atoms with E-state index in [0.717, 1.165) is 25.8 Å². The number of likely N-dealkylation sites (tertiary alicyclic amines) is 1. The maximum atomic E-state index is 11.6. The zero-order valence-electron chi connectivity index (χ0n) is 10.9. The molecule has 1 unspecified atom stereocenters. The van der Waals surface area contributed by atoms with Crippen molar-refractivity contribution in [1.82, 2.24) is 4.90 Å². The summed E-state index contributed by atoms with van der Waals surface area (Å²) in [6.45, 7) is 5.50. The Bertz CT molecular complexity index is 265. The molecule has 1 aliphatic heterocycles. The third kappa shape index (κ3) is 4.86. The van der Waals surface area contributed by atoms with Gasteiger partial charge in [0.05, 0.1) is 13.2 Å². The van der Waals surface area contributed by atoms with E-state index in [2.05, 4.69) is 11.8 Å². The van der Waals surface area contributed by atoms with E-state index in [1.165, 1.54) is 0 Å². The first-order chi connectivity index (χ1) is 8.17. The van der Waals surface area contributed by atoms with Gasteiger partial charge >= 0.3 is 5.97 Å². The summed E-state index contributed by atoms with van der Waals surface area (Å²) in [5.41, 5.74) is 0. The molecule has 17 heavy (non-hydrogen) atoms. The molecule has 0 amide bonds. The topological polar surface area (TPSA) is 46.6 Å². The van der Waals surface area contributed by atoms with Crippen molar-refractivity contribution in [2.45, 2.75) is 52.0 Å². The molecular weight excluding hydrogens is 218 g/mol. The van der Waals surface area contributed by atoms with E-state index in [4.69, 9.17) is 4.74 Å². The van der Waals surface area contributed by atoms with Crippen LogP contribution in [0.25, 0.3) is 0 Å². The summed E-state index contributed by atoms with van der Waals surface area (Å²) >= 11 is 0. The van der Waals surface area contributed by atoms with E-state index in [1.807, 2.05) is 6.92 Å². The van der Waals surface area contributed by atoms with E-state index in [-0.39, 0.29) is 12.0 Å². The molecule has 0 N–H and O–H groups in total. The molecule has 98 valence electrons. The minimum Gasteiger partial charge on any atom is -0.465 e. The van der Waals surface area contributed by atoms with Crippen molar-refractivity contribution in [3.8, 4) is 0 Å². The highest BCUT2D eigenvalue weighted by molar-refractivity contribution is 5.79. The molecule has 1 heterocycles. The monoisotopic (exact) mass is 241 g/mol. The highest BCUT2D eigenvalue weighted by Crippen LogP contribution is 2.18. The summed E-state index contributed by atoms with van der Waals surface area (Å²) in [7, 11) is 0. The van der Waals surface area contributed by atoms with Gasteiger partial charge in [-0.2, -0.15) is 0 Å². The number of rotatable bonds is 5. The minimum absolute atomic E-state index is 0.178. The molecular formula is C13H23NO3. The highest BCUT2D eigenvalue weighted by atomic mass is 16.5. The lowest BCUT2D eigenvalue weighted by molar-refractivity contribution is -0.145. The number of carbonyl (C=O) groups is 2. The molecule has 1 fully saturated rings. The van der Waals surface area contributed by atoms with Crippen LogP contribution in [-0.2, 0) is 14.3 Å². The average Bonchev–Trinajstić information content (AvgIpc) is 2.42. The summed E-state index contributed by atoms with van der Waals surface area (Å²) < 4.78 is 4.97. The fourth-order valence-corrected chi connectivity index (χ4v) is 2.35. The molecule has 0 aliphatic carbocycles. The van der Waals surface area contributed by atoms with Gasteiger partial charge in [0.1, 0.15) is 5.78 Å². The fraction of sp³-hybridized carbons (Fsp3) is 0.846. The Kier molecular flexibility index (Phi) is 6.19. The Hall–Kier alpha value is -0.900. The van der Waals surface area contributed by atoms with Gasteiger partial charge in [0, 0.05) is 18.9 Å². The lowest BCUT2D eigenvalue weighted by Crippen LogP contribution is -2.39. The fourth-order valence-electron chi connectivity index (χ4n) is 2.35. The van der Waals surface area contributed by atoms with E-state index in [0.29, 0.717) is 31.8 Å². The van der Waals surface area contributed by atoms with Crippen LogP contribution >= 0.6 is 0 Å². The van der Waals surface area contributed by atoms with Gasteiger partial charge < -0.3 is 4.74 Å². The summed E-state index contributed by atoms with van der Waals surface area (Å²) in [4.78, 5) is 25.2. The Balaban J connectivity index is 2.57. The summed E-state index contributed by atoms with van der Waals surface area (Å²) in [6.07, 6.45) is 4.12. The molecule has 0 aromatic carbocycles. The standard InChI is InChI=1S/C13H23NO3/c1-3-6-11-9-12(15)7-5-8-14(11)10-13(16)17-4-2/h11H,3-10H2,1-2H3. The summed E-state index contributed by atoms with van der Waals surface area (Å²) in [6, 6.07) is 0.222. The van der Waals surface area contributed by atoms with Crippen LogP contribution in [0.15, 0.2) is 0 Å². The molecule has 0 aromatic rings. The van der Waals surface area contributed by atoms with Crippen molar-refractivity contribution in [2.24, 2.45) is 0 Å². The second-order valence-electron chi connectivity index (χ2n) is 4.56. The first-order valence-electron chi connectivity index (χ1n) is 6.58. The number of ether oxygens (including phenoxy) is 1. The Morgan fingerprint density at radius 1 is 1.47 bits per heavy atom. The van der Waals surface area contributed by atoms with Crippen LogP contribution in [0.1, 0.15) is 46.0 Å². The molecule has 1 atom stereocenters. The number of ketones is 1. The zero-order valence-corrected chi connectivity index (χ0v) is 10.9. The molecule has 4 nitrogen and oxygen atoms in total. The first-order valence-corrected chi connectivity index (χ1v) is 6.58. The van der Waals surface area contributed by atoms with Gasteiger partial charge in [-0.25, -0.2) is 0 Å². The van der Waals surface area contributed by atoms with Crippen LogP contribution < -0.4 is 0 Å². The smallest absolute Gasteiger partial charge is 0.320 e. The van der Waals surface area contributed by atoms with E-state index in [9.17, 15) is 9.59 Å². The summed E-state index contributed by atoms with van der Waals surface area (Å²) in [5.74, 6) is 0.151. The molecule has 0 aromatic heterocycles. The van der Waals surface area contributed by atoms with Crippen LogP contribution in [0.3, 0.4) is 0 Å². The molecule has 1 aliphatic rings. The molecule has 0 spiro atoms. The van der Waals surface area contributed by atoms with Crippen molar-refractivity contribution >= 4 is 11.8 Å². The number of nitrogens with zero attached hydrogens (tertiary/aromatic N) is 1. The zero-order chi connectivity index (χ0) is 12.7. The van der Waals surface area contributed by atoms with Gasteiger partial charge in [-0.05, 0) is 26.3 Å². The number of Topliss-reactive ketones (excluding diaryl/α,β-unsaturated/α-hetero) is 1. The number of hydrogen-bond donors (Lipinski definition) is 0. The van der Waals surface area contributed by atoms with Gasteiger partial charge in [-0.3, -0.25) is 14.5 Å². The Morgan fingerprint density at radius 3 is 2.88 bits per heavy atom. The number of hydrogen-bond acceptors (Lipinski definition) is 4. The third-order valence-electron chi connectivity index (χ3n) is 3.14. The van der Waals surface area contributed by atoms with Crippen LogP contribution in [0.4, 0.5) is 0 Å². The van der Waals surface area contributed by atoms with Crippen molar-refractivity contribution in [2.75, 3.05) is 19.7 Å². The number of carbonyl (C=O) groups excluding carboxylic acids is 2. The van der Waals surface area contributed by atoms with Gasteiger partial charge in [-0.1, -0.05) is 13.3 Å². The quantitative estimate of drug-likeness (QED) is 0.688. The van der Waals surface area contributed by atoms with Crippen molar-refractivity contribution in [1.29, 1.82) is 0 Å². The van der Waals surface area contributed by atoms with Crippen molar-refractivity contribution < 1.29 is 14.3 Å². The van der Waals surface area contributed by atoms with E-state index >= 15 is 0 Å². The minimum atomic E-state index is -0.178. The van der Waals surface area contributed by atoms with Crippen LogP contribution in [-0.4, -0.2) is 42.4 Å². The van der Waals surface area contributed by atoms with E-state index < -0.39 is 0 Å². The second kappa shape index (κ2) is 7.43. The second-order valence-corrected chi connectivity index (χ2v) is 4.56. The van der Waals surface area contributed by atoms with Crippen LogP contribution in [0, 0.1) is 0 Å². The maximum absolute atomic E-state index is 11.6. The lowest BCUT2D eigenvalue weighted by Gasteiger charge is -2.28. The van der Waals surface area contributed by atoms with Crippen LogP contribution in [0.2, 0.25) is 0 Å². The molecule has 0 bridgehead atoms. The van der Waals surface area contributed by atoms with Gasteiger partial charge in [-0.15, -0.1) is 0 Å². The van der Waals surface area contributed by atoms with Crippen molar-refractivity contribution in [3.05, 3.63) is 0 Å². The Morgan fingerprint density at radius 2 is 2.24 bits per heavy atom. The molecule has 0 radical (unpaired) electrons. The third-order valence-corrected chi connectivity index (χ3v) is 3.14. The molecule has 1 rings (SSSR count). The first kappa shape index (κ1) is 14.2. The van der Waals surface area contributed by atoms with Gasteiger partial charge in [0.25, 0.3) is 0 Å². The predicted octanol–water partition coefficient (Wildman–Crippen LogP) is 1.77. The SMILES string of the molecule is CCCC1CC(=O)CCCN1CC(=O)OCC. The van der Waals surface area contributed by atoms with E-state index in [1.54, 1.807) is 0 Å². The lowest BCUT2D eigenvalue weighted by atomic mass is 10.0. The average molecular weight is 241 g/mol. The normalized spacial score (nSPS) is 22.2. The predicted molar refractivity (Wildman–Crippen MR) is 65.8 cm³/mol. The Labute approximate surface area is 103 Å². The van der Waals surface area contributed by atoms with Crippen LogP contribution in [0.5, 0.6) is 0 Å². The molecule has 1 saturated heterocycles.